The van der Waals surface area contributed by atoms with Gasteiger partial charge in [0.2, 0.25) is 5.82 Å². The number of aryl methyl sites for hydroxylation is 2. The fourth-order valence-corrected chi connectivity index (χ4v) is 3.96. The van der Waals surface area contributed by atoms with Crippen molar-refractivity contribution in [2.75, 3.05) is 0 Å². The highest BCUT2D eigenvalue weighted by molar-refractivity contribution is 5.80. The molecule has 0 atom stereocenters. The molecule has 0 spiro atoms. The van der Waals surface area contributed by atoms with Crippen LogP contribution < -0.4 is 0 Å². The summed E-state index contributed by atoms with van der Waals surface area (Å²) in [5.41, 5.74) is 7.37. The van der Waals surface area contributed by atoms with Gasteiger partial charge in [0.05, 0.1) is 23.3 Å². The van der Waals surface area contributed by atoms with Gasteiger partial charge in [-0.15, -0.1) is 10.2 Å². The fourth-order valence-electron chi connectivity index (χ4n) is 3.96. The smallest absolute Gasteiger partial charge is 0.205 e. The molecule has 7 nitrogen and oxygen atoms in total. The van der Waals surface area contributed by atoms with Gasteiger partial charge < -0.3 is 4.57 Å². The van der Waals surface area contributed by atoms with Gasteiger partial charge in [0.1, 0.15) is 5.82 Å². The maximum atomic E-state index is 4.92. The molecular weight excluding hydrogens is 386 g/mol. The lowest BCUT2D eigenvalue weighted by molar-refractivity contribution is 0.720. The van der Waals surface area contributed by atoms with Gasteiger partial charge in [-0.05, 0) is 41.8 Å². The number of aromatic nitrogens is 7. The molecule has 3 heterocycles. The van der Waals surface area contributed by atoms with E-state index in [0.717, 1.165) is 53.1 Å². The van der Waals surface area contributed by atoms with Gasteiger partial charge in [0.25, 0.3) is 0 Å². The number of hydrogen-bond acceptors (Lipinski definition) is 5. The van der Waals surface area contributed by atoms with Crippen molar-refractivity contribution in [1.29, 1.82) is 0 Å². The van der Waals surface area contributed by atoms with Crippen LogP contribution in [-0.4, -0.2) is 35.2 Å². The Morgan fingerprint density at radius 3 is 2.58 bits per heavy atom. The third kappa shape index (κ3) is 3.59. The molecule has 0 aliphatic heterocycles. The molecule has 1 N–H and O–H groups in total. The van der Waals surface area contributed by atoms with Crippen molar-refractivity contribution in [2.24, 2.45) is 0 Å². The van der Waals surface area contributed by atoms with Crippen LogP contribution in [0.2, 0.25) is 0 Å². The highest BCUT2D eigenvalue weighted by atomic mass is 15.5. The zero-order valence-electron chi connectivity index (χ0n) is 17.6. The molecule has 0 aliphatic carbocycles. The molecule has 2 aromatic carbocycles. The third-order valence-corrected chi connectivity index (χ3v) is 5.49. The fraction of sp³-hybridized carbons (Fsp3) is 0.208. The van der Waals surface area contributed by atoms with Gasteiger partial charge in [-0.25, -0.2) is 4.98 Å². The van der Waals surface area contributed by atoms with E-state index in [4.69, 9.17) is 9.97 Å². The van der Waals surface area contributed by atoms with Crippen molar-refractivity contribution in [3.05, 3.63) is 77.7 Å². The first-order chi connectivity index (χ1) is 15.2. The molecule has 154 valence electrons. The zero-order valence-corrected chi connectivity index (χ0v) is 17.6. The average Bonchev–Trinajstić information content (AvgIpc) is 3.45. The van der Waals surface area contributed by atoms with Crippen molar-refractivity contribution in [1.82, 2.24) is 35.2 Å². The number of nitrogens with one attached hydrogen (secondary N) is 1. The van der Waals surface area contributed by atoms with Crippen molar-refractivity contribution in [3.8, 4) is 22.6 Å². The van der Waals surface area contributed by atoms with E-state index in [1.807, 2.05) is 30.5 Å². The van der Waals surface area contributed by atoms with E-state index >= 15 is 0 Å². The molecule has 0 bridgehead atoms. The average molecular weight is 409 g/mol. The Bertz CT molecular complexity index is 1320. The molecular formula is C24H23N7. The Morgan fingerprint density at radius 1 is 0.968 bits per heavy atom. The SMILES string of the molecule is CCCc1nc2c(C)cccc2n1Cc1ccc(-c2ccccc2-c2nn[nH]n2)nc1. The predicted molar refractivity (Wildman–Crippen MR) is 120 cm³/mol. The molecule has 5 rings (SSSR count). The number of benzene rings is 2. The number of pyridine rings is 1. The monoisotopic (exact) mass is 409 g/mol. The molecule has 0 fully saturated rings. The highest BCUT2D eigenvalue weighted by Gasteiger charge is 2.14. The number of nitrogens with zero attached hydrogens (tertiary/aromatic N) is 6. The lowest BCUT2D eigenvalue weighted by Crippen LogP contribution is -2.05. The van der Waals surface area contributed by atoms with Gasteiger partial charge >= 0.3 is 0 Å². The number of hydrogen-bond donors (Lipinski definition) is 1. The molecule has 0 saturated carbocycles. The third-order valence-electron chi connectivity index (χ3n) is 5.49. The summed E-state index contributed by atoms with van der Waals surface area (Å²) in [5, 5.41) is 14.4. The standard InChI is InChI=1S/C24H23N7/c1-3-7-22-26-23-16(2)8-6-11-21(23)31(22)15-17-12-13-20(25-14-17)18-9-4-5-10-19(18)24-27-29-30-28-24/h4-6,8-14H,3,7,15H2,1-2H3,(H,27,28,29,30). The minimum Gasteiger partial charge on any atom is -0.323 e. The van der Waals surface area contributed by atoms with Crippen LogP contribution >= 0.6 is 0 Å². The Balaban J connectivity index is 1.49. The topological polar surface area (TPSA) is 85.2 Å². The van der Waals surface area contributed by atoms with E-state index in [9.17, 15) is 0 Å². The molecule has 0 radical (unpaired) electrons. The first-order valence-electron chi connectivity index (χ1n) is 10.5. The summed E-state index contributed by atoms with van der Waals surface area (Å²) in [4.78, 5) is 9.68. The van der Waals surface area contributed by atoms with Crippen molar-refractivity contribution >= 4 is 11.0 Å². The Kier molecular flexibility index (Phi) is 5.00. The minimum atomic E-state index is 0.561. The van der Waals surface area contributed by atoms with E-state index in [-0.39, 0.29) is 0 Å². The molecule has 0 amide bonds. The normalized spacial score (nSPS) is 11.3. The second-order valence-electron chi connectivity index (χ2n) is 7.64. The summed E-state index contributed by atoms with van der Waals surface area (Å²) < 4.78 is 2.32. The van der Waals surface area contributed by atoms with E-state index < -0.39 is 0 Å². The predicted octanol–water partition coefficient (Wildman–Crippen LogP) is 4.59. The van der Waals surface area contributed by atoms with Crippen LogP contribution in [0.25, 0.3) is 33.7 Å². The van der Waals surface area contributed by atoms with E-state index in [1.165, 1.54) is 11.1 Å². The van der Waals surface area contributed by atoms with Crippen LogP contribution in [0.1, 0.15) is 30.3 Å². The van der Waals surface area contributed by atoms with Crippen LogP contribution in [-0.2, 0) is 13.0 Å². The summed E-state index contributed by atoms with van der Waals surface area (Å²) >= 11 is 0. The van der Waals surface area contributed by atoms with Crippen LogP contribution in [0.4, 0.5) is 0 Å². The molecule has 31 heavy (non-hydrogen) atoms. The molecule has 5 aromatic rings. The van der Waals surface area contributed by atoms with Crippen molar-refractivity contribution in [2.45, 2.75) is 33.2 Å². The van der Waals surface area contributed by atoms with Gasteiger partial charge in [-0.1, -0.05) is 49.4 Å². The molecule has 7 heteroatoms. The van der Waals surface area contributed by atoms with E-state index in [2.05, 4.69) is 69.4 Å². The van der Waals surface area contributed by atoms with Crippen LogP contribution in [0, 0.1) is 6.92 Å². The van der Waals surface area contributed by atoms with Crippen molar-refractivity contribution < 1.29 is 0 Å². The van der Waals surface area contributed by atoms with Crippen molar-refractivity contribution in [3.63, 3.8) is 0 Å². The van der Waals surface area contributed by atoms with E-state index in [1.54, 1.807) is 0 Å². The largest absolute Gasteiger partial charge is 0.323 e. The Hall–Kier alpha value is -3.87. The number of para-hydroxylation sites is 1. The lowest BCUT2D eigenvalue weighted by Gasteiger charge is -2.10. The van der Waals surface area contributed by atoms with Gasteiger partial charge in [0.15, 0.2) is 0 Å². The number of H-pyrrole nitrogens is 1. The number of tetrazole rings is 1. The maximum absolute atomic E-state index is 4.92. The number of rotatable bonds is 6. The maximum Gasteiger partial charge on any atom is 0.205 e. The Morgan fingerprint density at radius 2 is 1.84 bits per heavy atom. The lowest BCUT2D eigenvalue weighted by atomic mass is 10.0. The molecule has 3 aromatic heterocycles. The van der Waals surface area contributed by atoms with Gasteiger partial charge in [-0.2, -0.15) is 5.21 Å². The highest BCUT2D eigenvalue weighted by Crippen LogP contribution is 2.28. The summed E-state index contributed by atoms with van der Waals surface area (Å²) in [7, 11) is 0. The number of aromatic amines is 1. The first-order valence-corrected chi connectivity index (χ1v) is 10.5. The second-order valence-corrected chi connectivity index (χ2v) is 7.64. The quantitative estimate of drug-likeness (QED) is 0.443. The molecule has 0 saturated heterocycles. The first kappa shape index (κ1) is 19.1. The summed E-state index contributed by atoms with van der Waals surface area (Å²) in [5.74, 6) is 1.68. The van der Waals surface area contributed by atoms with Gasteiger partial charge in [-0.3, -0.25) is 4.98 Å². The summed E-state index contributed by atoms with van der Waals surface area (Å²) in [6.45, 7) is 5.05. The number of fused-ring (bicyclic) bond motifs is 1. The summed E-state index contributed by atoms with van der Waals surface area (Å²) in [6, 6.07) is 18.5. The second kappa shape index (κ2) is 8.10. The van der Waals surface area contributed by atoms with Crippen LogP contribution in [0.3, 0.4) is 0 Å². The molecule has 0 aliphatic rings. The van der Waals surface area contributed by atoms with Crippen LogP contribution in [0.15, 0.2) is 60.8 Å². The van der Waals surface area contributed by atoms with E-state index in [0.29, 0.717) is 5.82 Å². The zero-order chi connectivity index (χ0) is 21.2. The Labute approximate surface area is 180 Å². The summed E-state index contributed by atoms with van der Waals surface area (Å²) in [6.07, 6.45) is 3.96. The van der Waals surface area contributed by atoms with Gasteiger partial charge in [0, 0.05) is 23.7 Å². The van der Waals surface area contributed by atoms with Crippen LogP contribution in [0.5, 0.6) is 0 Å². The molecule has 0 unspecified atom stereocenters. The number of imidazole rings is 1. The minimum absolute atomic E-state index is 0.561.